The zero-order valence-electron chi connectivity index (χ0n) is 16.3. The van der Waals surface area contributed by atoms with Gasteiger partial charge < -0.3 is 9.72 Å². The summed E-state index contributed by atoms with van der Waals surface area (Å²) >= 11 is 0. The lowest BCUT2D eigenvalue weighted by atomic mass is 9.97. The maximum Gasteiger partial charge on any atom is 0.245 e. The molecule has 1 aliphatic carbocycles. The number of H-pyrrole nitrogens is 1. The number of hydrogen-bond acceptors (Lipinski definition) is 5. The fraction of sp³-hybridized carbons (Fsp3) is 0.167. The fourth-order valence-corrected chi connectivity index (χ4v) is 3.66. The molecule has 1 aliphatic rings. The fourth-order valence-electron chi connectivity index (χ4n) is 3.66. The first-order valence-corrected chi connectivity index (χ1v) is 10.1. The molecule has 0 fully saturated rings. The first-order valence-electron chi connectivity index (χ1n) is 10.1. The van der Waals surface area contributed by atoms with Gasteiger partial charge in [0.2, 0.25) is 11.7 Å². The average Bonchev–Trinajstić information content (AvgIpc) is 3.24. The van der Waals surface area contributed by atoms with Gasteiger partial charge >= 0.3 is 0 Å². The third kappa shape index (κ3) is 3.59. The summed E-state index contributed by atoms with van der Waals surface area (Å²) in [7, 11) is 0. The first-order chi connectivity index (χ1) is 14.8. The monoisotopic (exact) mass is 396 g/mol. The Hall–Kier alpha value is -3.80. The van der Waals surface area contributed by atoms with Gasteiger partial charge in [0.25, 0.3) is 0 Å². The summed E-state index contributed by atoms with van der Waals surface area (Å²) < 4.78 is 6.00. The Morgan fingerprint density at radius 3 is 2.60 bits per heavy atom. The zero-order chi connectivity index (χ0) is 20.3. The van der Waals surface area contributed by atoms with Crippen LogP contribution in [0.1, 0.15) is 47.6 Å². The van der Waals surface area contributed by atoms with E-state index in [1.165, 1.54) is 12.0 Å². The van der Waals surface area contributed by atoms with E-state index in [2.05, 4.69) is 26.0 Å². The number of nitrogens with zero attached hydrogens (tertiary/aromatic N) is 3. The van der Waals surface area contributed by atoms with Crippen molar-refractivity contribution in [1.82, 2.24) is 19.9 Å². The predicted octanol–water partition coefficient (Wildman–Crippen LogP) is 5.33. The number of benzene rings is 2. The number of ketones is 1. The standard InChI is InChI=1S/C24H20N4O2/c29-22(23-27-19-8-4-5-9-20(19)28-23)17-10-12-18(13-11-17)30-24-21(25-14-15-26-24)16-6-2-1-3-7-16/h4-6,8-15H,1-3,7H2,(H,27,28). The van der Waals surface area contributed by atoms with Crippen molar-refractivity contribution < 1.29 is 9.53 Å². The molecule has 0 radical (unpaired) electrons. The first kappa shape index (κ1) is 18.2. The maximum atomic E-state index is 12.8. The highest BCUT2D eigenvalue weighted by atomic mass is 16.5. The lowest BCUT2D eigenvalue weighted by Gasteiger charge is -2.14. The van der Waals surface area contributed by atoms with Crippen LogP contribution < -0.4 is 4.74 Å². The van der Waals surface area contributed by atoms with E-state index >= 15 is 0 Å². The highest BCUT2D eigenvalue weighted by Gasteiger charge is 2.16. The average molecular weight is 396 g/mol. The van der Waals surface area contributed by atoms with Gasteiger partial charge in [-0.3, -0.25) is 4.79 Å². The Labute approximate surface area is 173 Å². The number of carbonyl (C=O) groups excluding carboxylic acids is 1. The van der Waals surface area contributed by atoms with Crippen molar-refractivity contribution in [2.24, 2.45) is 0 Å². The zero-order valence-corrected chi connectivity index (χ0v) is 16.3. The summed E-state index contributed by atoms with van der Waals surface area (Å²) in [6.45, 7) is 0. The van der Waals surface area contributed by atoms with E-state index in [4.69, 9.17) is 4.74 Å². The molecule has 0 bridgehead atoms. The van der Waals surface area contributed by atoms with Crippen LogP contribution in [0, 0.1) is 0 Å². The summed E-state index contributed by atoms with van der Waals surface area (Å²) in [5.41, 5.74) is 4.12. The van der Waals surface area contributed by atoms with Crippen LogP contribution in [-0.2, 0) is 0 Å². The van der Waals surface area contributed by atoms with E-state index < -0.39 is 0 Å². The molecule has 5 rings (SSSR count). The maximum absolute atomic E-state index is 12.8. The quantitative estimate of drug-likeness (QED) is 0.461. The summed E-state index contributed by atoms with van der Waals surface area (Å²) in [5, 5.41) is 0. The molecule has 0 aliphatic heterocycles. The summed E-state index contributed by atoms with van der Waals surface area (Å²) in [6, 6.07) is 14.6. The van der Waals surface area contributed by atoms with E-state index in [0.29, 0.717) is 23.0 Å². The van der Waals surface area contributed by atoms with Crippen molar-refractivity contribution in [3.63, 3.8) is 0 Å². The van der Waals surface area contributed by atoms with Gasteiger partial charge in [-0.1, -0.05) is 18.2 Å². The molecular weight excluding hydrogens is 376 g/mol. The third-order valence-electron chi connectivity index (χ3n) is 5.20. The largest absolute Gasteiger partial charge is 0.437 e. The van der Waals surface area contributed by atoms with Gasteiger partial charge in [0, 0.05) is 18.0 Å². The molecule has 2 heterocycles. The number of aromatic amines is 1. The van der Waals surface area contributed by atoms with Gasteiger partial charge in [-0.25, -0.2) is 15.0 Å². The van der Waals surface area contributed by atoms with Crippen molar-refractivity contribution in [3.05, 3.63) is 84.1 Å². The number of aromatic nitrogens is 4. The predicted molar refractivity (Wildman–Crippen MR) is 115 cm³/mol. The molecule has 6 heteroatoms. The second-order valence-electron chi connectivity index (χ2n) is 7.24. The Balaban J connectivity index is 1.37. The van der Waals surface area contributed by atoms with Crippen molar-refractivity contribution in [2.45, 2.75) is 25.7 Å². The lowest BCUT2D eigenvalue weighted by Crippen LogP contribution is -2.04. The molecular formula is C24H20N4O2. The number of para-hydroxylation sites is 2. The molecule has 30 heavy (non-hydrogen) atoms. The Bertz CT molecular complexity index is 1210. The van der Waals surface area contributed by atoms with Crippen LogP contribution in [-0.4, -0.2) is 25.7 Å². The minimum Gasteiger partial charge on any atom is -0.437 e. The molecule has 0 amide bonds. The molecule has 4 aromatic rings. The molecule has 0 atom stereocenters. The van der Waals surface area contributed by atoms with Gasteiger partial charge in [-0.2, -0.15) is 0 Å². The van der Waals surface area contributed by atoms with Crippen molar-refractivity contribution in [3.8, 4) is 11.6 Å². The molecule has 0 saturated heterocycles. The van der Waals surface area contributed by atoms with Crippen LogP contribution in [0.15, 0.2) is 67.0 Å². The Morgan fingerprint density at radius 1 is 0.967 bits per heavy atom. The van der Waals surface area contributed by atoms with E-state index in [1.807, 2.05) is 24.3 Å². The molecule has 2 aromatic carbocycles. The van der Waals surface area contributed by atoms with Crippen molar-refractivity contribution in [2.75, 3.05) is 0 Å². The van der Waals surface area contributed by atoms with E-state index in [-0.39, 0.29) is 5.78 Å². The summed E-state index contributed by atoms with van der Waals surface area (Å²) in [5.74, 6) is 1.26. The summed E-state index contributed by atoms with van der Waals surface area (Å²) in [6.07, 6.45) is 9.94. The normalized spacial score (nSPS) is 13.8. The molecule has 6 nitrogen and oxygen atoms in total. The minimum absolute atomic E-state index is 0.162. The van der Waals surface area contributed by atoms with E-state index in [1.54, 1.807) is 36.7 Å². The highest BCUT2D eigenvalue weighted by Crippen LogP contribution is 2.32. The van der Waals surface area contributed by atoms with Gasteiger partial charge in [0.15, 0.2) is 5.82 Å². The smallest absolute Gasteiger partial charge is 0.245 e. The van der Waals surface area contributed by atoms with E-state index in [9.17, 15) is 4.79 Å². The Kier molecular flexibility index (Phi) is 4.81. The molecule has 1 N–H and O–H groups in total. The van der Waals surface area contributed by atoms with Crippen LogP contribution in [0.4, 0.5) is 0 Å². The van der Waals surface area contributed by atoms with Crippen molar-refractivity contribution >= 4 is 22.4 Å². The number of ether oxygens (including phenoxy) is 1. The molecule has 2 aromatic heterocycles. The number of allylic oxidation sites excluding steroid dienone is 2. The lowest BCUT2D eigenvalue weighted by molar-refractivity contribution is 0.103. The number of carbonyl (C=O) groups is 1. The van der Waals surface area contributed by atoms with Gasteiger partial charge in [-0.15, -0.1) is 0 Å². The second kappa shape index (κ2) is 7.91. The number of rotatable bonds is 5. The Morgan fingerprint density at radius 2 is 1.80 bits per heavy atom. The number of fused-ring (bicyclic) bond motifs is 1. The van der Waals surface area contributed by atoms with Crippen LogP contribution in [0.3, 0.4) is 0 Å². The highest BCUT2D eigenvalue weighted by molar-refractivity contribution is 6.08. The number of imidazole rings is 1. The summed E-state index contributed by atoms with van der Waals surface area (Å²) in [4.78, 5) is 29.1. The van der Waals surface area contributed by atoms with Gasteiger partial charge in [0.05, 0.1) is 11.0 Å². The molecule has 148 valence electrons. The molecule has 0 unspecified atom stereocenters. The van der Waals surface area contributed by atoms with Crippen LogP contribution in [0.25, 0.3) is 16.6 Å². The number of hydrogen-bond donors (Lipinski definition) is 1. The van der Waals surface area contributed by atoms with Gasteiger partial charge in [-0.05, 0) is 67.7 Å². The minimum atomic E-state index is -0.162. The van der Waals surface area contributed by atoms with Crippen LogP contribution >= 0.6 is 0 Å². The van der Waals surface area contributed by atoms with E-state index in [0.717, 1.165) is 36.0 Å². The molecule has 0 spiro atoms. The SMILES string of the molecule is O=C(c1ccc(Oc2nccnc2C2=CCCCC2)cc1)c1nc2ccccc2[nH]1. The third-order valence-corrected chi connectivity index (χ3v) is 5.20. The van der Waals surface area contributed by atoms with Crippen LogP contribution in [0.5, 0.6) is 11.6 Å². The van der Waals surface area contributed by atoms with Gasteiger partial charge in [0.1, 0.15) is 11.4 Å². The molecule has 0 saturated carbocycles. The van der Waals surface area contributed by atoms with Crippen LogP contribution in [0.2, 0.25) is 0 Å². The second-order valence-corrected chi connectivity index (χ2v) is 7.24. The topological polar surface area (TPSA) is 80.8 Å². The number of nitrogens with one attached hydrogen (secondary N) is 1. The van der Waals surface area contributed by atoms with Crippen molar-refractivity contribution in [1.29, 1.82) is 0 Å².